The number of methoxy groups -OCH3 is 2. The molecule has 4 rings (SSSR count). The first-order valence-corrected chi connectivity index (χ1v) is 15.9. The van der Waals surface area contributed by atoms with Crippen LogP contribution in [0.5, 0.6) is 11.5 Å². The zero-order valence-electron chi connectivity index (χ0n) is 25.4. The van der Waals surface area contributed by atoms with E-state index in [1.807, 2.05) is 17.6 Å². The molecule has 3 aromatic rings. The lowest BCUT2D eigenvalue weighted by molar-refractivity contribution is -0.116. The van der Waals surface area contributed by atoms with Crippen LogP contribution in [0.4, 0.5) is 5.00 Å². The first-order valence-electron chi connectivity index (χ1n) is 14.1. The van der Waals surface area contributed by atoms with Gasteiger partial charge in [0.25, 0.3) is 0 Å². The second-order valence-electron chi connectivity index (χ2n) is 11.3. The van der Waals surface area contributed by atoms with E-state index in [0.717, 1.165) is 30.4 Å². The van der Waals surface area contributed by atoms with E-state index in [-0.39, 0.29) is 29.5 Å². The van der Waals surface area contributed by atoms with Crippen LogP contribution in [0.15, 0.2) is 29.4 Å². The Morgan fingerprint density at radius 2 is 2.00 bits per heavy atom. The Kier molecular flexibility index (Phi) is 10.5. The minimum absolute atomic E-state index is 0.122. The van der Waals surface area contributed by atoms with Gasteiger partial charge < -0.3 is 24.7 Å². The number of thiophene rings is 1. The third-order valence-electron chi connectivity index (χ3n) is 7.55. The Balaban J connectivity index is 1.32. The van der Waals surface area contributed by atoms with Crippen molar-refractivity contribution in [2.24, 2.45) is 11.3 Å². The highest BCUT2D eigenvalue weighted by atomic mass is 32.2. The summed E-state index contributed by atoms with van der Waals surface area (Å²) in [5, 5.41) is 25.3. The molecule has 10 nitrogen and oxygen atoms in total. The van der Waals surface area contributed by atoms with Crippen molar-refractivity contribution in [2.45, 2.75) is 65.2 Å². The molecule has 228 valence electrons. The molecule has 1 aromatic carbocycles. The summed E-state index contributed by atoms with van der Waals surface area (Å²) in [6.45, 7) is 9.49. The van der Waals surface area contributed by atoms with Gasteiger partial charge in [-0.25, -0.2) is 0 Å². The van der Waals surface area contributed by atoms with E-state index in [0.29, 0.717) is 45.5 Å². The van der Waals surface area contributed by atoms with Crippen LogP contribution in [-0.4, -0.2) is 46.6 Å². The summed E-state index contributed by atoms with van der Waals surface area (Å²) in [4.78, 5) is 26.6. The van der Waals surface area contributed by atoms with Crippen molar-refractivity contribution < 1.29 is 19.1 Å². The van der Waals surface area contributed by atoms with Crippen molar-refractivity contribution in [2.75, 3.05) is 25.3 Å². The number of nitriles is 1. The molecule has 0 spiro atoms. The highest BCUT2D eigenvalue weighted by Gasteiger charge is 2.32. The van der Waals surface area contributed by atoms with Gasteiger partial charge in [-0.1, -0.05) is 38.6 Å². The van der Waals surface area contributed by atoms with Gasteiger partial charge in [-0.2, -0.15) is 5.26 Å². The van der Waals surface area contributed by atoms with Gasteiger partial charge in [0.15, 0.2) is 22.5 Å². The zero-order chi connectivity index (χ0) is 31.1. The molecule has 0 saturated carbocycles. The summed E-state index contributed by atoms with van der Waals surface area (Å²) in [6.07, 6.45) is 5.98. The minimum Gasteiger partial charge on any atom is -0.493 e. The Morgan fingerprint density at radius 3 is 2.67 bits per heavy atom. The molecule has 0 aliphatic heterocycles. The normalized spacial score (nSPS) is 14.7. The zero-order valence-corrected chi connectivity index (χ0v) is 27.1. The Morgan fingerprint density at radius 1 is 1.23 bits per heavy atom. The monoisotopic (exact) mass is 622 g/mol. The molecule has 43 heavy (non-hydrogen) atoms. The average Bonchev–Trinajstić information content (AvgIpc) is 3.56. The van der Waals surface area contributed by atoms with Gasteiger partial charge in [-0.05, 0) is 66.9 Å². The summed E-state index contributed by atoms with van der Waals surface area (Å²) >= 11 is 2.80. The van der Waals surface area contributed by atoms with Gasteiger partial charge in [0, 0.05) is 17.5 Å². The molecule has 12 heteroatoms. The maximum atomic E-state index is 12.9. The summed E-state index contributed by atoms with van der Waals surface area (Å²) in [7, 11) is 3.13. The summed E-state index contributed by atoms with van der Waals surface area (Å²) in [6, 6.07) is 7.71. The van der Waals surface area contributed by atoms with Crippen LogP contribution in [-0.2, 0) is 35.5 Å². The molecule has 2 N–H and O–H groups in total. The van der Waals surface area contributed by atoms with E-state index in [1.165, 1.54) is 34.1 Å². The molecule has 0 radical (unpaired) electrons. The number of amides is 2. The van der Waals surface area contributed by atoms with Crippen molar-refractivity contribution in [3.8, 4) is 17.6 Å². The van der Waals surface area contributed by atoms with Crippen LogP contribution in [0.2, 0.25) is 0 Å². The number of carbonyl (C=O) groups excluding carboxylic acids is 2. The van der Waals surface area contributed by atoms with Gasteiger partial charge >= 0.3 is 0 Å². The van der Waals surface area contributed by atoms with Crippen molar-refractivity contribution in [3.05, 3.63) is 51.7 Å². The predicted octanol–water partition coefficient (Wildman–Crippen LogP) is 5.46. The highest BCUT2D eigenvalue weighted by Crippen LogP contribution is 2.44. The van der Waals surface area contributed by atoms with Crippen molar-refractivity contribution in [1.29, 1.82) is 5.26 Å². The van der Waals surface area contributed by atoms with Crippen LogP contribution >= 0.6 is 23.1 Å². The SMILES string of the molecule is CCn1c(CNC(=O)/C=C/c2ccc(OC)c(OC)c2)nnc1SCC(=O)Nc1sc2c(c1C#N)CC[C@@H](C(C)(C)C)C2. The fraction of sp³-hybridized carbons (Fsp3) is 0.452. The van der Waals surface area contributed by atoms with Crippen molar-refractivity contribution in [3.63, 3.8) is 0 Å². The number of thioether (sulfide) groups is 1. The van der Waals surface area contributed by atoms with E-state index < -0.39 is 0 Å². The third kappa shape index (κ3) is 7.77. The van der Waals surface area contributed by atoms with Gasteiger partial charge in [-0.15, -0.1) is 21.5 Å². The van der Waals surface area contributed by atoms with Gasteiger partial charge in [0.1, 0.15) is 11.1 Å². The van der Waals surface area contributed by atoms with Crippen molar-refractivity contribution in [1.82, 2.24) is 20.1 Å². The number of benzene rings is 1. The lowest BCUT2D eigenvalue weighted by Crippen LogP contribution is -2.26. The minimum atomic E-state index is -0.283. The quantitative estimate of drug-likeness (QED) is 0.213. The lowest BCUT2D eigenvalue weighted by atomic mass is 9.72. The molecule has 1 aliphatic rings. The Hall–Kier alpha value is -3.82. The molecule has 1 atom stereocenters. The summed E-state index contributed by atoms with van der Waals surface area (Å²) in [5.74, 6) is 1.97. The standard InChI is InChI=1S/C31H38N6O4S2/c1-7-37-26(17-33-27(38)13-9-19-8-12-23(40-5)24(14-19)41-6)35-36-30(37)42-18-28(39)34-29-22(16-32)21-11-10-20(31(2,3)4)15-25(21)43-29/h8-9,12-14,20H,7,10-11,15,17-18H2,1-6H3,(H,33,38)(H,34,39)/b13-9+/t20-/m1/s1. The van der Waals surface area contributed by atoms with Crippen LogP contribution in [0, 0.1) is 22.7 Å². The molecule has 2 amide bonds. The number of anilines is 1. The third-order valence-corrected chi connectivity index (χ3v) is 9.69. The lowest BCUT2D eigenvalue weighted by Gasteiger charge is -2.33. The number of fused-ring (bicyclic) bond motifs is 1. The first kappa shape index (κ1) is 32.1. The first-order chi connectivity index (χ1) is 20.6. The van der Waals surface area contributed by atoms with Crippen LogP contribution in [0.1, 0.15) is 61.5 Å². The number of hydrogen-bond acceptors (Lipinski definition) is 9. The Bertz CT molecular complexity index is 1550. The van der Waals surface area contributed by atoms with Gasteiger partial charge in [0.2, 0.25) is 11.8 Å². The van der Waals surface area contributed by atoms with E-state index in [1.54, 1.807) is 32.4 Å². The molecule has 0 unspecified atom stereocenters. The van der Waals surface area contributed by atoms with E-state index in [9.17, 15) is 14.9 Å². The second kappa shape index (κ2) is 14.1. The number of ether oxygens (including phenoxy) is 2. The Labute approximate surface area is 260 Å². The largest absolute Gasteiger partial charge is 0.493 e. The summed E-state index contributed by atoms with van der Waals surface area (Å²) < 4.78 is 12.4. The smallest absolute Gasteiger partial charge is 0.244 e. The van der Waals surface area contributed by atoms with E-state index >= 15 is 0 Å². The molecule has 0 saturated heterocycles. The molecular weight excluding hydrogens is 585 g/mol. The highest BCUT2D eigenvalue weighted by molar-refractivity contribution is 7.99. The fourth-order valence-corrected chi connectivity index (χ4v) is 7.17. The molecule has 1 aliphatic carbocycles. The number of aromatic nitrogens is 3. The molecule has 0 bridgehead atoms. The predicted molar refractivity (Wildman–Crippen MR) is 169 cm³/mol. The molecule has 0 fully saturated rings. The molecular formula is C31H38N6O4S2. The van der Waals surface area contributed by atoms with E-state index in [4.69, 9.17) is 9.47 Å². The number of carbonyl (C=O) groups is 2. The topological polar surface area (TPSA) is 131 Å². The van der Waals surface area contributed by atoms with Gasteiger partial charge in [-0.3, -0.25) is 9.59 Å². The summed E-state index contributed by atoms with van der Waals surface area (Å²) in [5.41, 5.74) is 2.68. The number of nitrogens with zero attached hydrogens (tertiary/aromatic N) is 4. The maximum absolute atomic E-state index is 12.9. The van der Waals surface area contributed by atoms with E-state index in [2.05, 4.69) is 47.7 Å². The number of hydrogen-bond donors (Lipinski definition) is 2. The second-order valence-corrected chi connectivity index (χ2v) is 13.3. The van der Waals surface area contributed by atoms with Gasteiger partial charge in [0.05, 0.1) is 32.1 Å². The number of rotatable bonds is 11. The number of nitrogens with one attached hydrogen (secondary N) is 2. The average molecular weight is 623 g/mol. The molecule has 2 aromatic heterocycles. The van der Waals surface area contributed by atoms with Crippen LogP contribution in [0.25, 0.3) is 6.08 Å². The molecule has 2 heterocycles. The van der Waals surface area contributed by atoms with Crippen LogP contribution in [0.3, 0.4) is 0 Å². The van der Waals surface area contributed by atoms with Crippen LogP contribution < -0.4 is 20.1 Å². The van der Waals surface area contributed by atoms with Crippen molar-refractivity contribution >= 4 is 46.0 Å². The maximum Gasteiger partial charge on any atom is 0.244 e. The fourth-order valence-electron chi connectivity index (χ4n) is 5.05.